The predicted octanol–water partition coefficient (Wildman–Crippen LogP) is 1.90. The van der Waals surface area contributed by atoms with Gasteiger partial charge >= 0.3 is 0 Å². The first-order chi connectivity index (χ1) is 12.6. The Morgan fingerprint density at radius 2 is 1.46 bits per heavy atom. The highest BCUT2D eigenvalue weighted by Crippen LogP contribution is 2.28. The van der Waals surface area contributed by atoms with E-state index < -0.39 is 11.4 Å². The second-order valence-electron chi connectivity index (χ2n) is 6.06. The fraction of sp³-hybridized carbons (Fsp3) is 0.150. The quantitative estimate of drug-likeness (QED) is 0.605. The van der Waals surface area contributed by atoms with Crippen molar-refractivity contribution in [2.45, 2.75) is 18.5 Å². The summed E-state index contributed by atoms with van der Waals surface area (Å²) >= 11 is 0. The van der Waals surface area contributed by atoms with E-state index >= 15 is 0 Å². The van der Waals surface area contributed by atoms with Gasteiger partial charge in [0.2, 0.25) is 5.91 Å². The van der Waals surface area contributed by atoms with Crippen molar-refractivity contribution in [1.82, 2.24) is 15.3 Å². The van der Waals surface area contributed by atoms with E-state index in [1.54, 1.807) is 49.1 Å². The lowest BCUT2D eigenvalue weighted by Gasteiger charge is -2.33. The third-order valence-electron chi connectivity index (χ3n) is 4.34. The zero-order chi connectivity index (χ0) is 18.4. The van der Waals surface area contributed by atoms with E-state index in [9.17, 15) is 9.90 Å². The van der Waals surface area contributed by atoms with Crippen molar-refractivity contribution in [1.29, 1.82) is 0 Å². The number of hydrogen-bond acceptors (Lipinski definition) is 5. The highest BCUT2D eigenvalue weighted by atomic mass is 16.3. The van der Waals surface area contributed by atoms with Crippen LogP contribution in [0.15, 0.2) is 73.3 Å². The van der Waals surface area contributed by atoms with Crippen molar-refractivity contribution in [3.05, 3.63) is 90.0 Å². The van der Waals surface area contributed by atoms with Gasteiger partial charge in [-0.15, -0.1) is 0 Å². The van der Waals surface area contributed by atoms with Crippen molar-refractivity contribution < 1.29 is 9.90 Å². The zero-order valence-corrected chi connectivity index (χ0v) is 14.2. The Bertz CT molecular complexity index is 854. The monoisotopic (exact) mass is 348 g/mol. The summed E-state index contributed by atoms with van der Waals surface area (Å²) in [4.78, 5) is 20.6. The van der Waals surface area contributed by atoms with Crippen molar-refractivity contribution in [2.75, 3.05) is 0 Å². The molecule has 3 aromatic rings. The minimum atomic E-state index is -1.13. The Labute approximate surface area is 151 Å². The number of aromatic hydroxyl groups is 1. The molecule has 0 fully saturated rings. The standard InChI is InChI=1S/C20H20N4O2/c21-19(26)20(13-15-5-9-22-10-6-15,17-1-3-18(25)4-2-17)24-14-16-7-11-23-12-8-16/h1-12,24-25H,13-14H2,(H2,21,26). The van der Waals surface area contributed by atoms with E-state index in [1.807, 2.05) is 24.3 Å². The number of primary amides is 1. The van der Waals surface area contributed by atoms with Crippen LogP contribution in [-0.2, 0) is 23.3 Å². The van der Waals surface area contributed by atoms with Crippen LogP contribution in [-0.4, -0.2) is 21.0 Å². The molecule has 26 heavy (non-hydrogen) atoms. The van der Waals surface area contributed by atoms with Gasteiger partial charge in [0.05, 0.1) is 0 Å². The van der Waals surface area contributed by atoms with E-state index in [4.69, 9.17) is 5.73 Å². The fourth-order valence-electron chi connectivity index (χ4n) is 2.89. The van der Waals surface area contributed by atoms with Crippen LogP contribution in [0.3, 0.4) is 0 Å². The number of amides is 1. The summed E-state index contributed by atoms with van der Waals surface area (Å²) in [6, 6.07) is 14.0. The number of carbonyl (C=O) groups excluding carboxylic acids is 1. The number of nitrogens with zero attached hydrogens (tertiary/aromatic N) is 2. The Balaban J connectivity index is 1.99. The Hall–Kier alpha value is -3.25. The van der Waals surface area contributed by atoms with Crippen LogP contribution in [0.25, 0.3) is 0 Å². The van der Waals surface area contributed by atoms with Gasteiger partial charge in [0, 0.05) is 37.8 Å². The maximum Gasteiger partial charge on any atom is 0.242 e. The molecule has 0 spiro atoms. The van der Waals surface area contributed by atoms with Crippen molar-refractivity contribution >= 4 is 5.91 Å². The van der Waals surface area contributed by atoms with Gasteiger partial charge in [0.25, 0.3) is 0 Å². The summed E-state index contributed by atoms with van der Waals surface area (Å²) < 4.78 is 0. The second-order valence-corrected chi connectivity index (χ2v) is 6.06. The minimum absolute atomic E-state index is 0.130. The first-order valence-electron chi connectivity index (χ1n) is 8.22. The maximum atomic E-state index is 12.6. The van der Waals surface area contributed by atoms with Crippen LogP contribution in [0.5, 0.6) is 5.75 Å². The number of carbonyl (C=O) groups is 1. The molecule has 1 unspecified atom stereocenters. The number of aromatic nitrogens is 2. The Kier molecular flexibility index (Phi) is 5.24. The number of phenolic OH excluding ortho intramolecular Hbond substituents is 1. The van der Waals surface area contributed by atoms with Gasteiger partial charge in [-0.1, -0.05) is 12.1 Å². The molecule has 0 saturated heterocycles. The molecule has 1 amide bonds. The number of rotatable bonds is 7. The fourth-order valence-corrected chi connectivity index (χ4v) is 2.89. The lowest BCUT2D eigenvalue weighted by molar-refractivity contribution is -0.125. The molecule has 0 aliphatic rings. The van der Waals surface area contributed by atoms with Gasteiger partial charge in [-0.3, -0.25) is 20.1 Å². The van der Waals surface area contributed by atoms with E-state index in [1.165, 1.54) is 0 Å². The van der Waals surface area contributed by atoms with Crippen LogP contribution in [0, 0.1) is 0 Å². The third kappa shape index (κ3) is 3.87. The minimum Gasteiger partial charge on any atom is -0.508 e. The van der Waals surface area contributed by atoms with E-state index in [0.29, 0.717) is 18.5 Å². The third-order valence-corrected chi connectivity index (χ3v) is 4.34. The summed E-state index contributed by atoms with van der Waals surface area (Å²) in [5.41, 5.74) is 7.33. The van der Waals surface area contributed by atoms with Crippen LogP contribution in [0.4, 0.5) is 0 Å². The molecule has 0 saturated carbocycles. The number of benzene rings is 1. The highest BCUT2D eigenvalue weighted by Gasteiger charge is 2.38. The topological polar surface area (TPSA) is 101 Å². The average Bonchev–Trinajstić information content (AvgIpc) is 2.67. The molecule has 132 valence electrons. The molecule has 1 atom stereocenters. The lowest BCUT2D eigenvalue weighted by Crippen LogP contribution is -2.54. The van der Waals surface area contributed by atoms with E-state index in [2.05, 4.69) is 15.3 Å². The number of phenols is 1. The van der Waals surface area contributed by atoms with E-state index in [0.717, 1.165) is 11.1 Å². The normalized spacial score (nSPS) is 13.1. The van der Waals surface area contributed by atoms with Crippen LogP contribution in [0.1, 0.15) is 16.7 Å². The first kappa shape index (κ1) is 17.6. The number of nitrogens with one attached hydrogen (secondary N) is 1. The number of hydrogen-bond donors (Lipinski definition) is 3. The maximum absolute atomic E-state index is 12.6. The summed E-state index contributed by atoms with van der Waals surface area (Å²) in [6.07, 6.45) is 7.13. The SMILES string of the molecule is NC(=O)C(Cc1ccncc1)(NCc1ccncc1)c1ccc(O)cc1. The van der Waals surface area contributed by atoms with Crippen molar-refractivity contribution in [3.8, 4) is 5.75 Å². The number of nitrogens with two attached hydrogens (primary N) is 1. The van der Waals surface area contributed by atoms with Crippen molar-refractivity contribution in [2.24, 2.45) is 5.73 Å². The Morgan fingerprint density at radius 1 is 0.923 bits per heavy atom. The van der Waals surface area contributed by atoms with Gasteiger partial charge in [0.1, 0.15) is 11.3 Å². The summed E-state index contributed by atoms with van der Waals surface area (Å²) in [6.45, 7) is 0.442. The molecule has 2 heterocycles. The molecule has 0 radical (unpaired) electrons. The molecule has 6 nitrogen and oxygen atoms in total. The number of pyridine rings is 2. The Morgan fingerprint density at radius 3 is 2.00 bits per heavy atom. The van der Waals surface area contributed by atoms with Crippen molar-refractivity contribution in [3.63, 3.8) is 0 Å². The van der Waals surface area contributed by atoms with Gasteiger partial charge in [-0.05, 0) is 53.1 Å². The smallest absolute Gasteiger partial charge is 0.242 e. The molecular weight excluding hydrogens is 328 g/mol. The first-order valence-corrected chi connectivity index (χ1v) is 8.22. The molecule has 4 N–H and O–H groups in total. The molecule has 3 rings (SSSR count). The average molecular weight is 348 g/mol. The molecule has 6 heteroatoms. The summed E-state index contributed by atoms with van der Waals surface area (Å²) in [7, 11) is 0. The molecule has 0 bridgehead atoms. The van der Waals surface area contributed by atoms with E-state index in [-0.39, 0.29) is 5.75 Å². The van der Waals surface area contributed by atoms with Gasteiger partial charge in [-0.2, -0.15) is 0 Å². The summed E-state index contributed by atoms with van der Waals surface area (Å²) in [5.74, 6) is -0.362. The summed E-state index contributed by atoms with van der Waals surface area (Å²) in [5, 5.41) is 12.9. The van der Waals surface area contributed by atoms with Gasteiger partial charge < -0.3 is 10.8 Å². The zero-order valence-electron chi connectivity index (χ0n) is 14.2. The van der Waals surface area contributed by atoms with Gasteiger partial charge in [-0.25, -0.2) is 0 Å². The molecular formula is C20H20N4O2. The van der Waals surface area contributed by atoms with Crippen LogP contribution in [0.2, 0.25) is 0 Å². The van der Waals surface area contributed by atoms with Gasteiger partial charge in [0.15, 0.2) is 0 Å². The highest BCUT2D eigenvalue weighted by molar-refractivity contribution is 5.86. The predicted molar refractivity (Wildman–Crippen MR) is 98.0 cm³/mol. The molecule has 2 aromatic heterocycles. The second kappa shape index (κ2) is 7.76. The molecule has 0 aliphatic carbocycles. The molecule has 1 aromatic carbocycles. The molecule has 0 aliphatic heterocycles. The largest absolute Gasteiger partial charge is 0.508 e. The van der Waals surface area contributed by atoms with Crippen LogP contribution < -0.4 is 11.1 Å². The van der Waals surface area contributed by atoms with Crippen LogP contribution >= 0.6 is 0 Å². The lowest BCUT2D eigenvalue weighted by atomic mass is 9.83.